The van der Waals surface area contributed by atoms with Crippen LogP contribution in [0.3, 0.4) is 0 Å². The second kappa shape index (κ2) is 7.65. The fourth-order valence-electron chi connectivity index (χ4n) is 2.05. The zero-order valence-electron chi connectivity index (χ0n) is 12.5. The third-order valence-corrected chi connectivity index (χ3v) is 3.53. The van der Waals surface area contributed by atoms with E-state index in [0.717, 1.165) is 5.56 Å². The van der Waals surface area contributed by atoms with E-state index in [4.69, 9.17) is 16.3 Å². The van der Waals surface area contributed by atoms with E-state index < -0.39 is 17.9 Å². The summed E-state index contributed by atoms with van der Waals surface area (Å²) in [4.78, 5) is 24.1. The van der Waals surface area contributed by atoms with Crippen molar-refractivity contribution in [3.05, 3.63) is 64.7 Å². The highest BCUT2D eigenvalue weighted by Gasteiger charge is 2.22. The van der Waals surface area contributed by atoms with Gasteiger partial charge >= 0.3 is 5.97 Å². The fourth-order valence-corrected chi connectivity index (χ4v) is 2.17. The lowest BCUT2D eigenvalue weighted by atomic mass is 10.1. The Labute approximate surface area is 138 Å². The number of esters is 1. The van der Waals surface area contributed by atoms with Crippen molar-refractivity contribution in [3.8, 4) is 5.75 Å². The number of carbonyl (C=O) groups excluding carboxylic acids is 2. The quantitative estimate of drug-likeness (QED) is 0.825. The largest absolute Gasteiger partial charge is 0.508 e. The molecule has 2 rings (SSSR count). The van der Waals surface area contributed by atoms with Crippen molar-refractivity contribution >= 4 is 23.5 Å². The molecule has 6 heteroatoms. The number of halogens is 1. The van der Waals surface area contributed by atoms with Crippen LogP contribution in [0, 0.1) is 0 Å². The van der Waals surface area contributed by atoms with E-state index >= 15 is 0 Å². The fraction of sp³-hybridized carbons (Fsp3) is 0.176. The Balaban J connectivity index is 2.12. The molecule has 0 aliphatic heterocycles. The van der Waals surface area contributed by atoms with Crippen LogP contribution >= 0.6 is 11.6 Å². The summed E-state index contributed by atoms with van der Waals surface area (Å²) in [6, 6.07) is 11.9. The summed E-state index contributed by atoms with van der Waals surface area (Å²) in [6.45, 7) is 0. The maximum Gasteiger partial charge on any atom is 0.328 e. The number of methoxy groups -OCH3 is 1. The van der Waals surface area contributed by atoms with Crippen molar-refractivity contribution < 1.29 is 19.4 Å². The molecule has 0 saturated heterocycles. The molecule has 0 radical (unpaired) electrons. The van der Waals surface area contributed by atoms with Crippen LogP contribution in [0.1, 0.15) is 15.9 Å². The number of benzene rings is 2. The van der Waals surface area contributed by atoms with Gasteiger partial charge in [0.2, 0.25) is 0 Å². The third-order valence-electron chi connectivity index (χ3n) is 3.27. The zero-order chi connectivity index (χ0) is 16.8. The van der Waals surface area contributed by atoms with Gasteiger partial charge in [-0.2, -0.15) is 0 Å². The molecule has 2 aromatic rings. The Morgan fingerprint density at radius 2 is 1.74 bits per heavy atom. The van der Waals surface area contributed by atoms with E-state index in [-0.39, 0.29) is 12.2 Å². The van der Waals surface area contributed by atoms with E-state index in [1.165, 1.54) is 19.2 Å². The minimum atomic E-state index is -0.826. The van der Waals surface area contributed by atoms with Crippen LogP contribution in [0.5, 0.6) is 5.75 Å². The number of phenols is 1. The molecule has 2 N–H and O–H groups in total. The summed E-state index contributed by atoms with van der Waals surface area (Å²) < 4.78 is 4.74. The molecular formula is C17H16ClNO4. The summed E-state index contributed by atoms with van der Waals surface area (Å²) in [5.74, 6) is -0.801. The van der Waals surface area contributed by atoms with Gasteiger partial charge in [0, 0.05) is 17.0 Å². The lowest BCUT2D eigenvalue weighted by Gasteiger charge is -2.16. The number of phenolic OH excluding ortho intramolecular Hbond substituents is 1. The molecule has 0 bridgehead atoms. The normalized spacial score (nSPS) is 11.6. The summed E-state index contributed by atoms with van der Waals surface area (Å²) in [6.07, 6.45) is 0.256. The molecule has 1 amide bonds. The smallest absolute Gasteiger partial charge is 0.328 e. The number of carbonyl (C=O) groups is 2. The minimum Gasteiger partial charge on any atom is -0.508 e. The first kappa shape index (κ1) is 16.8. The molecule has 23 heavy (non-hydrogen) atoms. The highest BCUT2D eigenvalue weighted by Crippen LogP contribution is 2.13. The van der Waals surface area contributed by atoms with Gasteiger partial charge in [0.05, 0.1) is 7.11 Å². The number of nitrogens with one attached hydrogen (secondary N) is 1. The highest BCUT2D eigenvalue weighted by molar-refractivity contribution is 6.30. The Kier molecular flexibility index (Phi) is 5.60. The number of amides is 1. The maximum absolute atomic E-state index is 12.2. The Morgan fingerprint density at radius 3 is 2.30 bits per heavy atom. The second-order valence-corrected chi connectivity index (χ2v) is 5.36. The van der Waals surface area contributed by atoms with Crippen LogP contribution in [-0.4, -0.2) is 30.1 Å². The lowest BCUT2D eigenvalue weighted by molar-refractivity contribution is -0.142. The Bertz CT molecular complexity index is 683. The number of aromatic hydroxyl groups is 1. The monoisotopic (exact) mass is 333 g/mol. The number of ether oxygens (including phenoxy) is 1. The Hall–Kier alpha value is -2.53. The van der Waals surface area contributed by atoms with Gasteiger partial charge in [-0.25, -0.2) is 4.79 Å². The van der Waals surface area contributed by atoms with Crippen molar-refractivity contribution in [1.29, 1.82) is 0 Å². The third kappa shape index (κ3) is 4.72. The molecule has 5 nitrogen and oxygen atoms in total. The lowest BCUT2D eigenvalue weighted by Crippen LogP contribution is -2.43. The predicted molar refractivity (Wildman–Crippen MR) is 86.5 cm³/mol. The molecule has 0 heterocycles. The van der Waals surface area contributed by atoms with Crippen LogP contribution in [0.2, 0.25) is 5.02 Å². The van der Waals surface area contributed by atoms with E-state index in [2.05, 4.69) is 5.32 Å². The van der Waals surface area contributed by atoms with Crippen LogP contribution < -0.4 is 5.32 Å². The molecule has 0 spiro atoms. The molecule has 2 aromatic carbocycles. The van der Waals surface area contributed by atoms with Crippen molar-refractivity contribution in [3.63, 3.8) is 0 Å². The highest BCUT2D eigenvalue weighted by atomic mass is 35.5. The van der Waals surface area contributed by atoms with Crippen molar-refractivity contribution in [2.24, 2.45) is 0 Å². The van der Waals surface area contributed by atoms with Gasteiger partial charge in [-0.3, -0.25) is 4.79 Å². The molecule has 120 valence electrons. The van der Waals surface area contributed by atoms with Gasteiger partial charge in [-0.05, 0) is 42.0 Å². The van der Waals surface area contributed by atoms with Crippen LogP contribution in [0.4, 0.5) is 0 Å². The van der Waals surface area contributed by atoms with Gasteiger partial charge in [-0.15, -0.1) is 0 Å². The summed E-state index contributed by atoms with van der Waals surface area (Å²) >= 11 is 5.79. The van der Waals surface area contributed by atoms with Crippen molar-refractivity contribution in [1.82, 2.24) is 5.32 Å². The van der Waals surface area contributed by atoms with E-state index in [9.17, 15) is 14.7 Å². The second-order valence-electron chi connectivity index (χ2n) is 4.93. The SMILES string of the molecule is COC(=O)C(Cc1ccc(O)cc1)NC(=O)c1ccc(Cl)cc1. The van der Waals surface area contributed by atoms with Gasteiger partial charge in [0.25, 0.3) is 5.91 Å². The summed E-state index contributed by atoms with van der Waals surface area (Å²) in [7, 11) is 1.26. The first-order valence-corrected chi connectivity index (χ1v) is 7.29. The summed E-state index contributed by atoms with van der Waals surface area (Å²) in [5, 5.41) is 12.5. The number of hydrogen-bond acceptors (Lipinski definition) is 4. The van der Waals surface area contributed by atoms with Crippen LogP contribution in [0.15, 0.2) is 48.5 Å². The van der Waals surface area contributed by atoms with Gasteiger partial charge in [0.15, 0.2) is 0 Å². The molecule has 0 aliphatic rings. The zero-order valence-corrected chi connectivity index (χ0v) is 13.2. The topological polar surface area (TPSA) is 75.6 Å². The molecule has 0 aliphatic carbocycles. The first-order chi connectivity index (χ1) is 11.0. The molecule has 0 saturated carbocycles. The average Bonchev–Trinajstić information content (AvgIpc) is 2.56. The maximum atomic E-state index is 12.2. The van der Waals surface area contributed by atoms with E-state index in [1.54, 1.807) is 36.4 Å². The number of rotatable bonds is 5. The van der Waals surface area contributed by atoms with Gasteiger partial charge in [-0.1, -0.05) is 23.7 Å². The van der Waals surface area contributed by atoms with Crippen LogP contribution in [-0.2, 0) is 16.0 Å². The van der Waals surface area contributed by atoms with E-state index in [1.807, 2.05) is 0 Å². The molecule has 0 fully saturated rings. The average molecular weight is 334 g/mol. The number of hydrogen-bond donors (Lipinski definition) is 2. The van der Waals surface area contributed by atoms with Crippen molar-refractivity contribution in [2.75, 3.05) is 7.11 Å². The molecular weight excluding hydrogens is 318 g/mol. The van der Waals surface area contributed by atoms with Crippen molar-refractivity contribution in [2.45, 2.75) is 12.5 Å². The standard InChI is InChI=1S/C17H16ClNO4/c1-23-17(22)15(10-11-2-8-14(20)9-3-11)19-16(21)12-4-6-13(18)7-5-12/h2-9,15,20H,10H2,1H3,(H,19,21). The Morgan fingerprint density at radius 1 is 1.13 bits per heavy atom. The summed E-state index contributed by atoms with van der Waals surface area (Å²) in [5.41, 5.74) is 1.18. The minimum absolute atomic E-state index is 0.133. The van der Waals surface area contributed by atoms with Gasteiger partial charge in [0.1, 0.15) is 11.8 Å². The predicted octanol–water partition coefficient (Wildman–Crippen LogP) is 2.56. The molecule has 1 atom stereocenters. The molecule has 0 aromatic heterocycles. The molecule has 1 unspecified atom stereocenters. The van der Waals surface area contributed by atoms with Crippen LogP contribution in [0.25, 0.3) is 0 Å². The van der Waals surface area contributed by atoms with Gasteiger partial charge < -0.3 is 15.2 Å². The van der Waals surface area contributed by atoms with E-state index in [0.29, 0.717) is 10.6 Å². The first-order valence-electron chi connectivity index (χ1n) is 6.92.